The van der Waals surface area contributed by atoms with Crippen LogP contribution < -0.4 is 11.2 Å². The Bertz CT molecular complexity index is 673. The number of hydrogen-bond donors (Lipinski definition) is 1. The molecule has 1 aromatic heterocycles. The van der Waals surface area contributed by atoms with E-state index in [1.807, 2.05) is 0 Å². The number of H-pyrrole nitrogens is 1. The van der Waals surface area contributed by atoms with Crippen LogP contribution in [0.25, 0.3) is 0 Å². The van der Waals surface area contributed by atoms with Gasteiger partial charge < -0.3 is 14.2 Å². The van der Waals surface area contributed by atoms with Crippen molar-refractivity contribution in [3.05, 3.63) is 44.8 Å². The van der Waals surface area contributed by atoms with Gasteiger partial charge in [-0.1, -0.05) is 0 Å². The number of hydrogen-bond acceptors (Lipinski definition) is 6. The standard InChI is InChI=1S/C12H14N2O6/c1-7-6-14(11(17)13-9(7)15)8-4-5-12(19-3,20-8)10(16)18-2/h4-6,8H,1-3H3,(H,13,15,17). The SMILES string of the molecule is COC(=O)C1(OC)C=CC(n2cc(C)c(=O)[nH]c2=O)O1. The second-order valence-corrected chi connectivity index (χ2v) is 4.21. The van der Waals surface area contributed by atoms with E-state index in [0.29, 0.717) is 5.56 Å². The Labute approximate surface area is 113 Å². The number of nitrogens with zero attached hydrogens (tertiary/aromatic N) is 1. The molecule has 20 heavy (non-hydrogen) atoms. The lowest BCUT2D eigenvalue weighted by Gasteiger charge is -2.24. The zero-order valence-corrected chi connectivity index (χ0v) is 11.2. The molecule has 2 unspecified atom stereocenters. The number of aryl methyl sites for hydroxylation is 1. The average molecular weight is 282 g/mol. The Kier molecular flexibility index (Phi) is 3.60. The van der Waals surface area contributed by atoms with Gasteiger partial charge in [0, 0.05) is 18.9 Å². The lowest BCUT2D eigenvalue weighted by atomic mass is 10.3. The maximum atomic E-state index is 11.8. The Morgan fingerprint density at radius 3 is 2.75 bits per heavy atom. The molecule has 1 aromatic rings. The van der Waals surface area contributed by atoms with Crippen LogP contribution in [0.15, 0.2) is 27.9 Å². The highest BCUT2D eigenvalue weighted by molar-refractivity contribution is 5.80. The highest BCUT2D eigenvalue weighted by atomic mass is 16.7. The molecule has 0 bridgehead atoms. The minimum atomic E-state index is -1.69. The molecule has 0 saturated heterocycles. The predicted molar refractivity (Wildman–Crippen MR) is 67.1 cm³/mol. The summed E-state index contributed by atoms with van der Waals surface area (Å²) in [6.45, 7) is 1.55. The molecule has 1 aliphatic rings. The lowest BCUT2D eigenvalue weighted by molar-refractivity contribution is -0.227. The second kappa shape index (κ2) is 5.06. The van der Waals surface area contributed by atoms with Crippen LogP contribution in [0.3, 0.4) is 0 Å². The summed E-state index contributed by atoms with van der Waals surface area (Å²) in [5.41, 5.74) is -0.777. The van der Waals surface area contributed by atoms with Gasteiger partial charge in [0.05, 0.1) is 7.11 Å². The van der Waals surface area contributed by atoms with Crippen molar-refractivity contribution in [2.75, 3.05) is 14.2 Å². The summed E-state index contributed by atoms with van der Waals surface area (Å²) < 4.78 is 16.2. The molecule has 2 heterocycles. The number of esters is 1. The fraction of sp³-hybridized carbons (Fsp3) is 0.417. The van der Waals surface area contributed by atoms with Crippen molar-refractivity contribution in [3.63, 3.8) is 0 Å². The van der Waals surface area contributed by atoms with E-state index in [4.69, 9.17) is 9.47 Å². The largest absolute Gasteiger partial charge is 0.465 e. The van der Waals surface area contributed by atoms with Crippen molar-refractivity contribution < 1.29 is 19.0 Å². The number of carbonyl (C=O) groups is 1. The Balaban J connectivity index is 2.38. The average Bonchev–Trinajstić information content (AvgIpc) is 2.87. The number of nitrogens with one attached hydrogen (secondary N) is 1. The van der Waals surface area contributed by atoms with Crippen LogP contribution in [0.5, 0.6) is 0 Å². The molecule has 1 aliphatic heterocycles. The monoisotopic (exact) mass is 282 g/mol. The predicted octanol–water partition coefficient (Wildman–Crippen LogP) is -0.554. The summed E-state index contributed by atoms with van der Waals surface area (Å²) >= 11 is 0. The smallest absolute Gasteiger partial charge is 0.371 e. The van der Waals surface area contributed by atoms with Gasteiger partial charge in [-0.3, -0.25) is 14.3 Å². The zero-order valence-electron chi connectivity index (χ0n) is 11.2. The van der Waals surface area contributed by atoms with E-state index >= 15 is 0 Å². The molecule has 0 radical (unpaired) electrons. The van der Waals surface area contributed by atoms with Crippen molar-refractivity contribution in [2.45, 2.75) is 18.9 Å². The third kappa shape index (κ3) is 2.19. The molecule has 0 spiro atoms. The molecule has 0 amide bonds. The quantitative estimate of drug-likeness (QED) is 0.589. The molecule has 2 atom stereocenters. The van der Waals surface area contributed by atoms with Gasteiger partial charge in [-0.05, 0) is 19.1 Å². The number of methoxy groups -OCH3 is 2. The number of rotatable bonds is 3. The second-order valence-electron chi connectivity index (χ2n) is 4.21. The third-order valence-electron chi connectivity index (χ3n) is 2.97. The van der Waals surface area contributed by atoms with Gasteiger partial charge >= 0.3 is 11.7 Å². The van der Waals surface area contributed by atoms with Gasteiger partial charge in [0.2, 0.25) is 0 Å². The Morgan fingerprint density at radius 1 is 1.45 bits per heavy atom. The van der Waals surface area contributed by atoms with Gasteiger partial charge in [0.15, 0.2) is 6.23 Å². The van der Waals surface area contributed by atoms with Crippen LogP contribution in [0.4, 0.5) is 0 Å². The van der Waals surface area contributed by atoms with E-state index in [0.717, 1.165) is 4.57 Å². The number of carbonyl (C=O) groups excluding carboxylic acids is 1. The van der Waals surface area contributed by atoms with Gasteiger partial charge in [-0.15, -0.1) is 0 Å². The highest BCUT2D eigenvalue weighted by Crippen LogP contribution is 2.30. The van der Waals surface area contributed by atoms with E-state index in [1.54, 1.807) is 6.92 Å². The Morgan fingerprint density at radius 2 is 2.15 bits per heavy atom. The summed E-state index contributed by atoms with van der Waals surface area (Å²) in [5, 5.41) is 0. The van der Waals surface area contributed by atoms with Crippen LogP contribution in [-0.2, 0) is 19.0 Å². The molecule has 0 fully saturated rings. The number of ether oxygens (including phenoxy) is 3. The van der Waals surface area contributed by atoms with Crippen LogP contribution in [0.1, 0.15) is 11.8 Å². The van der Waals surface area contributed by atoms with E-state index in [-0.39, 0.29) is 0 Å². The first-order valence-electron chi connectivity index (χ1n) is 5.76. The van der Waals surface area contributed by atoms with Gasteiger partial charge in [0.1, 0.15) is 0 Å². The fourth-order valence-electron chi connectivity index (χ4n) is 1.85. The van der Waals surface area contributed by atoms with Gasteiger partial charge in [-0.25, -0.2) is 9.59 Å². The van der Waals surface area contributed by atoms with E-state index in [1.165, 1.54) is 32.6 Å². The third-order valence-corrected chi connectivity index (χ3v) is 2.97. The summed E-state index contributed by atoms with van der Waals surface area (Å²) in [7, 11) is 2.48. The summed E-state index contributed by atoms with van der Waals surface area (Å²) in [6.07, 6.45) is 3.30. The van der Waals surface area contributed by atoms with Crippen LogP contribution in [0, 0.1) is 6.92 Å². The van der Waals surface area contributed by atoms with Crippen LogP contribution in [0.2, 0.25) is 0 Å². The zero-order chi connectivity index (χ0) is 14.9. The van der Waals surface area contributed by atoms with Crippen molar-refractivity contribution in [1.29, 1.82) is 0 Å². The summed E-state index contributed by atoms with van der Waals surface area (Å²) in [6, 6.07) is 0. The first kappa shape index (κ1) is 14.2. The van der Waals surface area contributed by atoms with Crippen molar-refractivity contribution in [1.82, 2.24) is 9.55 Å². The van der Waals surface area contributed by atoms with Crippen LogP contribution >= 0.6 is 0 Å². The van der Waals surface area contributed by atoms with Gasteiger partial charge in [-0.2, -0.15) is 0 Å². The van der Waals surface area contributed by atoms with Crippen molar-refractivity contribution in [3.8, 4) is 0 Å². The molecular weight excluding hydrogens is 268 g/mol. The molecular formula is C12H14N2O6. The molecule has 108 valence electrons. The summed E-state index contributed by atoms with van der Waals surface area (Å²) in [4.78, 5) is 36.9. The topological polar surface area (TPSA) is 99.6 Å². The fourth-order valence-corrected chi connectivity index (χ4v) is 1.85. The Hall–Kier alpha value is -2.19. The van der Waals surface area contributed by atoms with E-state index in [9.17, 15) is 14.4 Å². The van der Waals surface area contributed by atoms with E-state index in [2.05, 4.69) is 9.72 Å². The number of aromatic amines is 1. The normalized spacial score (nSPS) is 24.9. The van der Waals surface area contributed by atoms with E-state index < -0.39 is 29.2 Å². The minimum Gasteiger partial charge on any atom is -0.465 e. The summed E-state index contributed by atoms with van der Waals surface area (Å²) in [5.74, 6) is -2.43. The van der Waals surface area contributed by atoms with Crippen molar-refractivity contribution >= 4 is 5.97 Å². The lowest BCUT2D eigenvalue weighted by Crippen LogP contribution is -2.42. The molecule has 0 saturated carbocycles. The molecule has 1 N–H and O–H groups in total. The maximum Gasteiger partial charge on any atom is 0.371 e. The molecule has 8 nitrogen and oxygen atoms in total. The molecule has 0 aromatic carbocycles. The maximum absolute atomic E-state index is 11.8. The molecule has 8 heteroatoms. The van der Waals surface area contributed by atoms with Crippen LogP contribution in [-0.4, -0.2) is 35.5 Å². The van der Waals surface area contributed by atoms with Gasteiger partial charge in [0.25, 0.3) is 11.3 Å². The van der Waals surface area contributed by atoms with Crippen molar-refractivity contribution in [2.24, 2.45) is 0 Å². The first-order valence-corrected chi connectivity index (χ1v) is 5.76. The highest BCUT2D eigenvalue weighted by Gasteiger charge is 2.45. The number of aromatic nitrogens is 2. The first-order chi connectivity index (χ1) is 9.43. The molecule has 0 aliphatic carbocycles. The molecule has 2 rings (SSSR count). The minimum absolute atomic E-state index is 0.342.